The Morgan fingerprint density at radius 3 is 3.08 bits per heavy atom. The Kier molecular flexibility index (Phi) is 1.37. The van der Waals surface area contributed by atoms with Gasteiger partial charge in [-0.15, -0.1) is 0 Å². The van der Waals surface area contributed by atoms with E-state index in [-0.39, 0.29) is 0 Å². The van der Waals surface area contributed by atoms with E-state index in [4.69, 9.17) is 5.73 Å². The minimum absolute atomic E-state index is 0.570. The summed E-state index contributed by atoms with van der Waals surface area (Å²) in [6, 6.07) is 5.74. The lowest BCUT2D eigenvalue weighted by Crippen LogP contribution is -1.97. The normalized spacial score (nSPS) is 10.3. The van der Waals surface area contributed by atoms with Crippen LogP contribution in [0.2, 0.25) is 0 Å². The number of rotatable bonds is 1. The highest BCUT2D eigenvalue weighted by Gasteiger charge is 2.00. The summed E-state index contributed by atoms with van der Waals surface area (Å²) in [5.41, 5.74) is 8.10. The lowest BCUT2D eigenvalue weighted by molar-refractivity contribution is 0.959. The third-order valence-corrected chi connectivity index (χ3v) is 1.78. The maximum atomic E-state index is 5.60. The summed E-state index contributed by atoms with van der Waals surface area (Å²) in [4.78, 5) is 0. The zero-order chi connectivity index (χ0) is 8.55. The van der Waals surface area contributed by atoms with E-state index in [0.717, 1.165) is 11.1 Å². The monoisotopic (exact) mass is 159 g/mol. The van der Waals surface area contributed by atoms with E-state index >= 15 is 0 Å². The smallest absolute Gasteiger partial charge is 0.0754 e. The minimum Gasteiger partial charge on any atom is -0.399 e. The molecule has 0 aliphatic heterocycles. The van der Waals surface area contributed by atoms with Gasteiger partial charge >= 0.3 is 0 Å². The summed E-state index contributed by atoms with van der Waals surface area (Å²) >= 11 is 0. The topological polar surface area (TPSA) is 43.3 Å². The molecular formula is C9H9N3. The molecule has 0 saturated heterocycles. The van der Waals surface area contributed by atoms with Crippen LogP contribution in [0, 0.1) is 0 Å². The molecule has 0 unspecified atom stereocenters. The van der Waals surface area contributed by atoms with Gasteiger partial charge in [0.1, 0.15) is 0 Å². The molecule has 2 aromatic rings. The van der Waals surface area contributed by atoms with Crippen LogP contribution in [0.15, 0.2) is 37.2 Å². The first-order valence-electron chi connectivity index (χ1n) is 3.66. The lowest BCUT2D eigenvalue weighted by Gasteiger charge is -2.01. The summed E-state index contributed by atoms with van der Waals surface area (Å²) < 4.78 is 1.77. The Morgan fingerprint density at radius 2 is 2.33 bits per heavy atom. The molecule has 0 bridgehead atoms. The average Bonchev–Trinajstić information content (AvgIpc) is 2.49. The van der Waals surface area contributed by atoms with E-state index in [0.29, 0.717) is 5.70 Å². The third kappa shape index (κ3) is 0.871. The Balaban J connectivity index is 2.82. The van der Waals surface area contributed by atoms with Gasteiger partial charge in [-0.05, 0) is 18.2 Å². The molecule has 2 aromatic heterocycles. The first kappa shape index (κ1) is 6.91. The van der Waals surface area contributed by atoms with Gasteiger partial charge in [0.25, 0.3) is 0 Å². The van der Waals surface area contributed by atoms with Crippen LogP contribution in [0.25, 0.3) is 11.2 Å². The number of aromatic nitrogens is 2. The van der Waals surface area contributed by atoms with E-state index < -0.39 is 0 Å². The molecule has 0 atom stereocenters. The van der Waals surface area contributed by atoms with Crippen LogP contribution in [0.3, 0.4) is 0 Å². The second kappa shape index (κ2) is 2.37. The fraction of sp³-hybridized carbons (Fsp3) is 0. The first-order chi connectivity index (χ1) is 5.79. The van der Waals surface area contributed by atoms with Crippen molar-refractivity contribution in [2.45, 2.75) is 0 Å². The van der Waals surface area contributed by atoms with Gasteiger partial charge in [-0.3, -0.25) is 0 Å². The van der Waals surface area contributed by atoms with Crippen molar-refractivity contribution in [2.24, 2.45) is 5.73 Å². The van der Waals surface area contributed by atoms with Gasteiger partial charge in [0.15, 0.2) is 0 Å². The maximum Gasteiger partial charge on any atom is 0.0754 e. The van der Waals surface area contributed by atoms with Gasteiger partial charge in [0.2, 0.25) is 0 Å². The molecule has 0 saturated carbocycles. The minimum atomic E-state index is 0.570. The highest BCUT2D eigenvalue weighted by Crippen LogP contribution is 2.13. The number of fused-ring (bicyclic) bond motifs is 1. The standard InChI is InChI=1S/C9H9N3/c1-7(10)8-3-2-6-12-9(8)4-5-11-12/h2-6H,1,10H2. The summed E-state index contributed by atoms with van der Waals surface area (Å²) in [6.45, 7) is 3.69. The predicted octanol–water partition coefficient (Wildman–Crippen LogP) is 1.26. The van der Waals surface area contributed by atoms with Crippen LogP contribution in [0.4, 0.5) is 0 Å². The first-order valence-corrected chi connectivity index (χ1v) is 3.66. The molecular weight excluding hydrogens is 150 g/mol. The third-order valence-electron chi connectivity index (χ3n) is 1.78. The summed E-state index contributed by atoms with van der Waals surface area (Å²) in [7, 11) is 0. The van der Waals surface area contributed by atoms with Gasteiger partial charge in [0.05, 0.1) is 11.7 Å². The van der Waals surface area contributed by atoms with Crippen LogP contribution < -0.4 is 5.73 Å². The van der Waals surface area contributed by atoms with Crippen molar-refractivity contribution in [2.75, 3.05) is 0 Å². The van der Waals surface area contributed by atoms with E-state index in [1.165, 1.54) is 0 Å². The molecule has 60 valence electrons. The Morgan fingerprint density at radius 1 is 1.50 bits per heavy atom. The zero-order valence-electron chi connectivity index (χ0n) is 6.57. The summed E-state index contributed by atoms with van der Waals surface area (Å²) in [6.07, 6.45) is 3.61. The highest BCUT2D eigenvalue weighted by molar-refractivity contribution is 5.74. The molecule has 0 aliphatic carbocycles. The van der Waals surface area contributed by atoms with Crippen molar-refractivity contribution in [1.29, 1.82) is 0 Å². The molecule has 2 rings (SSSR count). The van der Waals surface area contributed by atoms with Crippen LogP contribution in [-0.2, 0) is 0 Å². The largest absolute Gasteiger partial charge is 0.399 e. The van der Waals surface area contributed by atoms with Gasteiger partial charge < -0.3 is 5.73 Å². The van der Waals surface area contributed by atoms with E-state index in [1.54, 1.807) is 10.7 Å². The molecule has 3 heteroatoms. The number of pyridine rings is 1. The quantitative estimate of drug-likeness (QED) is 0.680. The number of nitrogens with two attached hydrogens (primary N) is 1. The molecule has 0 aliphatic rings. The molecule has 0 fully saturated rings. The molecule has 0 radical (unpaired) electrons. The average molecular weight is 159 g/mol. The SMILES string of the molecule is C=C(N)c1cccn2nccc12. The van der Waals surface area contributed by atoms with Crippen molar-refractivity contribution < 1.29 is 0 Å². The highest BCUT2D eigenvalue weighted by atomic mass is 15.2. The van der Waals surface area contributed by atoms with Crippen molar-refractivity contribution in [1.82, 2.24) is 9.61 Å². The van der Waals surface area contributed by atoms with Crippen molar-refractivity contribution in [3.8, 4) is 0 Å². The van der Waals surface area contributed by atoms with Crippen molar-refractivity contribution in [3.63, 3.8) is 0 Å². The van der Waals surface area contributed by atoms with Gasteiger partial charge in [0, 0.05) is 17.5 Å². The van der Waals surface area contributed by atoms with Gasteiger partial charge in [-0.2, -0.15) is 5.10 Å². The van der Waals surface area contributed by atoms with E-state index in [9.17, 15) is 0 Å². The van der Waals surface area contributed by atoms with Gasteiger partial charge in [-0.1, -0.05) is 6.58 Å². The summed E-state index contributed by atoms with van der Waals surface area (Å²) in [5.74, 6) is 0. The fourth-order valence-corrected chi connectivity index (χ4v) is 1.22. The predicted molar refractivity (Wildman–Crippen MR) is 48.4 cm³/mol. The van der Waals surface area contributed by atoms with E-state index in [1.807, 2.05) is 24.4 Å². The Hall–Kier alpha value is -1.77. The molecule has 2 heterocycles. The molecule has 0 aromatic carbocycles. The second-order valence-electron chi connectivity index (χ2n) is 2.61. The number of nitrogens with zero attached hydrogens (tertiary/aromatic N) is 2. The molecule has 2 N–H and O–H groups in total. The molecule has 12 heavy (non-hydrogen) atoms. The molecule has 3 nitrogen and oxygen atoms in total. The van der Waals surface area contributed by atoms with Crippen LogP contribution in [-0.4, -0.2) is 9.61 Å². The van der Waals surface area contributed by atoms with Crippen LogP contribution in [0.5, 0.6) is 0 Å². The van der Waals surface area contributed by atoms with E-state index in [2.05, 4.69) is 11.7 Å². The fourth-order valence-electron chi connectivity index (χ4n) is 1.22. The van der Waals surface area contributed by atoms with Crippen LogP contribution in [0.1, 0.15) is 5.56 Å². The number of hydrogen-bond donors (Lipinski definition) is 1. The zero-order valence-corrected chi connectivity index (χ0v) is 6.57. The maximum absolute atomic E-state index is 5.60. The summed E-state index contributed by atoms with van der Waals surface area (Å²) in [5, 5.41) is 4.08. The van der Waals surface area contributed by atoms with Crippen LogP contribution >= 0.6 is 0 Å². The Bertz CT molecular complexity index is 428. The van der Waals surface area contributed by atoms with Crippen molar-refractivity contribution >= 4 is 11.2 Å². The van der Waals surface area contributed by atoms with Crippen molar-refractivity contribution in [3.05, 3.63) is 42.7 Å². The number of hydrogen-bond acceptors (Lipinski definition) is 2. The lowest BCUT2D eigenvalue weighted by atomic mass is 10.2. The molecule has 0 spiro atoms. The Labute approximate surface area is 70.1 Å². The second-order valence-corrected chi connectivity index (χ2v) is 2.61. The molecule has 0 amide bonds. The van der Waals surface area contributed by atoms with Gasteiger partial charge in [-0.25, -0.2) is 4.52 Å².